The van der Waals surface area contributed by atoms with Crippen LogP contribution in [-0.4, -0.2) is 12.0 Å². The Morgan fingerprint density at radius 2 is 2.05 bits per heavy atom. The van der Waals surface area contributed by atoms with Crippen molar-refractivity contribution in [3.8, 4) is 0 Å². The maximum absolute atomic E-state index is 13.7. The molecule has 0 amide bonds. The van der Waals surface area contributed by atoms with E-state index in [9.17, 15) is 9.18 Å². The molecule has 4 aliphatic rings. The van der Waals surface area contributed by atoms with E-state index in [1.807, 2.05) is 0 Å². The van der Waals surface area contributed by atoms with Gasteiger partial charge in [-0.3, -0.25) is 4.79 Å². The number of ketones is 1. The van der Waals surface area contributed by atoms with Crippen molar-refractivity contribution in [1.82, 2.24) is 0 Å². The summed E-state index contributed by atoms with van der Waals surface area (Å²) in [6, 6.07) is 0. The Balaban J connectivity index is 1.66. The van der Waals surface area contributed by atoms with Crippen LogP contribution < -0.4 is 0 Å². The van der Waals surface area contributed by atoms with Crippen molar-refractivity contribution in [2.24, 2.45) is 29.1 Å². The molecule has 6 atom stereocenters. The van der Waals surface area contributed by atoms with E-state index in [4.69, 9.17) is 0 Å². The minimum absolute atomic E-state index is 0.238. The van der Waals surface area contributed by atoms with E-state index < -0.39 is 6.17 Å². The fourth-order valence-corrected chi connectivity index (χ4v) is 6.03. The van der Waals surface area contributed by atoms with Crippen molar-refractivity contribution >= 4 is 5.78 Å². The number of halogens is 1. The standard InChI is InChI=1S/C18H25FO/c1-18-9-8-12(19)10-11(18)2-3-14-13-5-7-17(20)15(13)4-6-16(14)18/h2,12-16H,3-10H2,1H3. The molecule has 0 aromatic rings. The highest BCUT2D eigenvalue weighted by Crippen LogP contribution is 2.60. The number of fused-ring (bicyclic) bond motifs is 5. The van der Waals surface area contributed by atoms with Gasteiger partial charge in [0.05, 0.1) is 0 Å². The van der Waals surface area contributed by atoms with Crippen LogP contribution >= 0.6 is 0 Å². The first-order valence-corrected chi connectivity index (χ1v) is 8.46. The number of carbonyl (C=O) groups excluding carboxylic acids is 1. The zero-order valence-corrected chi connectivity index (χ0v) is 12.4. The third-order valence-corrected chi connectivity index (χ3v) is 7.12. The van der Waals surface area contributed by atoms with E-state index in [0.717, 1.165) is 38.5 Å². The summed E-state index contributed by atoms with van der Waals surface area (Å²) in [6.45, 7) is 2.39. The average Bonchev–Trinajstić information content (AvgIpc) is 2.82. The average molecular weight is 276 g/mol. The second-order valence-corrected chi connectivity index (χ2v) is 7.85. The first-order valence-electron chi connectivity index (χ1n) is 8.46. The number of alkyl halides is 1. The van der Waals surface area contributed by atoms with E-state index in [-0.39, 0.29) is 5.41 Å². The summed E-state index contributed by atoms with van der Waals surface area (Å²) in [4.78, 5) is 12.0. The molecule has 6 unspecified atom stereocenters. The molecule has 0 radical (unpaired) electrons. The monoisotopic (exact) mass is 276 g/mol. The molecule has 4 rings (SSSR count). The second kappa shape index (κ2) is 4.42. The highest BCUT2D eigenvalue weighted by Gasteiger charge is 2.54. The lowest BCUT2D eigenvalue weighted by molar-refractivity contribution is -0.123. The molecule has 0 heterocycles. The van der Waals surface area contributed by atoms with Gasteiger partial charge in [-0.05, 0) is 61.7 Å². The van der Waals surface area contributed by atoms with Crippen molar-refractivity contribution in [3.05, 3.63) is 11.6 Å². The zero-order chi connectivity index (χ0) is 13.9. The van der Waals surface area contributed by atoms with Crippen molar-refractivity contribution in [3.63, 3.8) is 0 Å². The Morgan fingerprint density at radius 3 is 2.90 bits per heavy atom. The fourth-order valence-electron chi connectivity index (χ4n) is 6.03. The van der Waals surface area contributed by atoms with Gasteiger partial charge in [0.15, 0.2) is 0 Å². The van der Waals surface area contributed by atoms with E-state index in [2.05, 4.69) is 13.0 Å². The molecule has 20 heavy (non-hydrogen) atoms. The van der Waals surface area contributed by atoms with Crippen molar-refractivity contribution in [1.29, 1.82) is 0 Å². The quantitative estimate of drug-likeness (QED) is 0.597. The van der Waals surface area contributed by atoms with Gasteiger partial charge in [0.2, 0.25) is 0 Å². The van der Waals surface area contributed by atoms with Gasteiger partial charge in [0.1, 0.15) is 12.0 Å². The van der Waals surface area contributed by atoms with Gasteiger partial charge >= 0.3 is 0 Å². The summed E-state index contributed by atoms with van der Waals surface area (Å²) in [5, 5.41) is 0. The molecule has 0 aromatic heterocycles. The third-order valence-electron chi connectivity index (χ3n) is 7.12. The highest BCUT2D eigenvalue weighted by molar-refractivity contribution is 5.83. The number of carbonyl (C=O) groups is 1. The molecule has 0 saturated heterocycles. The second-order valence-electron chi connectivity index (χ2n) is 7.85. The molecule has 0 aromatic carbocycles. The Labute approximate surface area is 121 Å². The van der Waals surface area contributed by atoms with Gasteiger partial charge in [-0.25, -0.2) is 4.39 Å². The molecule has 2 heteroatoms. The van der Waals surface area contributed by atoms with Crippen molar-refractivity contribution < 1.29 is 9.18 Å². The summed E-state index contributed by atoms with van der Waals surface area (Å²) >= 11 is 0. The Kier molecular flexibility index (Phi) is 2.88. The van der Waals surface area contributed by atoms with Gasteiger partial charge in [-0.15, -0.1) is 0 Å². The van der Waals surface area contributed by atoms with Crippen LogP contribution in [-0.2, 0) is 4.79 Å². The molecule has 0 spiro atoms. The van der Waals surface area contributed by atoms with Gasteiger partial charge in [-0.1, -0.05) is 18.6 Å². The highest BCUT2D eigenvalue weighted by atomic mass is 19.1. The lowest BCUT2D eigenvalue weighted by atomic mass is 9.50. The maximum atomic E-state index is 13.7. The summed E-state index contributed by atoms with van der Waals surface area (Å²) < 4.78 is 13.7. The predicted octanol–water partition coefficient (Wildman–Crippen LogP) is 4.47. The summed E-state index contributed by atoms with van der Waals surface area (Å²) in [7, 11) is 0. The smallest absolute Gasteiger partial charge is 0.136 e. The van der Waals surface area contributed by atoms with Crippen LogP contribution in [0.15, 0.2) is 11.6 Å². The maximum Gasteiger partial charge on any atom is 0.136 e. The van der Waals surface area contributed by atoms with Gasteiger partial charge < -0.3 is 0 Å². The minimum atomic E-state index is -0.615. The van der Waals surface area contributed by atoms with Crippen LogP contribution in [0.5, 0.6) is 0 Å². The summed E-state index contributed by atoms with van der Waals surface area (Å²) in [5.74, 6) is 2.94. The normalized spacial score (nSPS) is 51.0. The molecule has 3 saturated carbocycles. The van der Waals surface area contributed by atoms with Gasteiger partial charge in [0, 0.05) is 18.8 Å². The Morgan fingerprint density at radius 1 is 1.20 bits per heavy atom. The molecule has 1 nitrogen and oxygen atoms in total. The molecular weight excluding hydrogens is 251 g/mol. The van der Waals surface area contributed by atoms with Crippen LogP contribution in [0, 0.1) is 29.1 Å². The first kappa shape index (κ1) is 13.0. The van der Waals surface area contributed by atoms with E-state index in [1.165, 1.54) is 12.0 Å². The lowest BCUT2D eigenvalue weighted by Crippen LogP contribution is -2.47. The van der Waals surface area contributed by atoms with Crippen molar-refractivity contribution in [2.45, 2.75) is 64.5 Å². The van der Waals surface area contributed by atoms with E-state index >= 15 is 0 Å². The van der Waals surface area contributed by atoms with Gasteiger partial charge in [-0.2, -0.15) is 0 Å². The molecule has 0 bridgehead atoms. The first-order chi connectivity index (χ1) is 9.59. The Hall–Kier alpha value is -0.660. The number of allylic oxidation sites excluding steroid dienone is 2. The fraction of sp³-hybridized carbons (Fsp3) is 0.833. The van der Waals surface area contributed by atoms with Crippen LogP contribution in [0.2, 0.25) is 0 Å². The minimum Gasteiger partial charge on any atom is -0.299 e. The SMILES string of the molecule is CC12CCC(F)CC1=CCC1C3CCC(=O)C3CCC12. The largest absolute Gasteiger partial charge is 0.299 e. The topological polar surface area (TPSA) is 17.1 Å². The van der Waals surface area contributed by atoms with Crippen LogP contribution in [0.25, 0.3) is 0 Å². The zero-order valence-electron chi connectivity index (χ0n) is 12.4. The molecule has 0 N–H and O–H groups in total. The molecule has 110 valence electrons. The molecular formula is C18H25FO. The van der Waals surface area contributed by atoms with E-state index in [0.29, 0.717) is 35.9 Å². The van der Waals surface area contributed by atoms with Gasteiger partial charge in [0.25, 0.3) is 0 Å². The number of rotatable bonds is 0. The molecule has 0 aliphatic heterocycles. The lowest BCUT2D eigenvalue weighted by Gasteiger charge is -2.54. The third kappa shape index (κ3) is 1.69. The van der Waals surface area contributed by atoms with Crippen molar-refractivity contribution in [2.75, 3.05) is 0 Å². The van der Waals surface area contributed by atoms with Crippen LogP contribution in [0.1, 0.15) is 58.3 Å². The van der Waals surface area contributed by atoms with Crippen LogP contribution in [0.3, 0.4) is 0 Å². The molecule has 3 fully saturated rings. The summed E-state index contributed by atoms with van der Waals surface area (Å²) in [6.07, 6.45) is 9.52. The number of hydrogen-bond acceptors (Lipinski definition) is 1. The number of Topliss-reactive ketones (excluding diaryl/α,β-unsaturated/α-hetero) is 1. The molecule has 4 aliphatic carbocycles. The summed E-state index contributed by atoms with van der Waals surface area (Å²) in [5.41, 5.74) is 1.64. The predicted molar refractivity (Wildman–Crippen MR) is 77.0 cm³/mol. The van der Waals surface area contributed by atoms with E-state index in [1.54, 1.807) is 0 Å². The Bertz CT molecular complexity index is 468. The van der Waals surface area contributed by atoms with Crippen LogP contribution in [0.4, 0.5) is 4.39 Å². The number of hydrogen-bond donors (Lipinski definition) is 0.